The Hall–Kier alpha value is -4.96. The first kappa shape index (κ1) is 26.7. The SMILES string of the molecule is CC1(C)CN=C(c2ccc(-c3ccc4c5ccc(-c6ccc(C7=NCC(C)(C)O7)cc6)cc5c5ccccc5c4c3)cc2)O1. The molecule has 0 N–H and O–H groups in total. The molecule has 2 aliphatic heterocycles. The molecule has 8 rings (SSSR count). The van der Waals surface area contributed by atoms with Gasteiger partial charge in [-0.3, -0.25) is 0 Å². The monoisotopic (exact) mass is 574 g/mol. The Balaban J connectivity index is 1.17. The van der Waals surface area contributed by atoms with Crippen LogP contribution < -0.4 is 0 Å². The zero-order valence-corrected chi connectivity index (χ0v) is 25.5. The molecule has 0 amide bonds. The van der Waals surface area contributed by atoms with Gasteiger partial charge in [0.05, 0.1) is 13.1 Å². The van der Waals surface area contributed by atoms with Crippen molar-refractivity contribution in [3.63, 3.8) is 0 Å². The normalized spacial score (nSPS) is 17.0. The number of nitrogens with zero attached hydrogens (tertiary/aromatic N) is 2. The third-order valence-corrected chi connectivity index (χ3v) is 8.72. The van der Waals surface area contributed by atoms with E-state index in [9.17, 15) is 0 Å². The lowest BCUT2D eigenvalue weighted by atomic mass is 9.90. The van der Waals surface area contributed by atoms with Crippen LogP contribution in [-0.2, 0) is 9.47 Å². The molecule has 44 heavy (non-hydrogen) atoms. The van der Waals surface area contributed by atoms with Crippen LogP contribution in [-0.4, -0.2) is 36.1 Å². The van der Waals surface area contributed by atoms with Crippen molar-refractivity contribution < 1.29 is 9.47 Å². The summed E-state index contributed by atoms with van der Waals surface area (Å²) in [5, 5.41) is 7.56. The highest BCUT2D eigenvalue weighted by molar-refractivity contribution is 6.26. The van der Waals surface area contributed by atoms with E-state index in [0.29, 0.717) is 13.1 Å². The van der Waals surface area contributed by atoms with Crippen LogP contribution in [0, 0.1) is 0 Å². The summed E-state index contributed by atoms with van der Waals surface area (Å²) in [5.41, 5.74) is 6.30. The highest BCUT2D eigenvalue weighted by Gasteiger charge is 2.29. The number of aliphatic imine (C=N–C) groups is 2. The van der Waals surface area contributed by atoms with E-state index >= 15 is 0 Å². The summed E-state index contributed by atoms with van der Waals surface area (Å²) in [6.07, 6.45) is 0. The molecule has 0 atom stereocenters. The molecule has 2 heterocycles. The predicted molar refractivity (Wildman–Crippen MR) is 183 cm³/mol. The summed E-state index contributed by atoms with van der Waals surface area (Å²) >= 11 is 0. The van der Waals surface area contributed by atoms with Crippen molar-refractivity contribution in [2.75, 3.05) is 13.1 Å². The van der Waals surface area contributed by atoms with E-state index in [-0.39, 0.29) is 11.2 Å². The lowest BCUT2D eigenvalue weighted by Crippen LogP contribution is -2.24. The molecular formula is C40H34N2O2. The highest BCUT2D eigenvalue weighted by Crippen LogP contribution is 2.39. The van der Waals surface area contributed by atoms with E-state index in [4.69, 9.17) is 9.47 Å². The maximum Gasteiger partial charge on any atom is 0.216 e. The fourth-order valence-corrected chi connectivity index (χ4v) is 6.40. The van der Waals surface area contributed by atoms with Crippen LogP contribution in [0.4, 0.5) is 0 Å². The summed E-state index contributed by atoms with van der Waals surface area (Å²) in [6.45, 7) is 9.66. The van der Waals surface area contributed by atoms with Crippen LogP contribution in [0.1, 0.15) is 38.8 Å². The highest BCUT2D eigenvalue weighted by atomic mass is 16.5. The molecular weight excluding hydrogens is 540 g/mol. The van der Waals surface area contributed by atoms with Crippen molar-refractivity contribution in [2.45, 2.75) is 38.9 Å². The molecule has 0 radical (unpaired) electrons. The third-order valence-electron chi connectivity index (χ3n) is 8.72. The molecule has 0 saturated carbocycles. The Morgan fingerprint density at radius 2 is 0.750 bits per heavy atom. The first-order valence-corrected chi connectivity index (χ1v) is 15.3. The van der Waals surface area contributed by atoms with Gasteiger partial charge in [0.25, 0.3) is 0 Å². The minimum absolute atomic E-state index is 0.237. The van der Waals surface area contributed by atoms with E-state index in [1.165, 1.54) is 54.6 Å². The molecule has 4 nitrogen and oxygen atoms in total. The average molecular weight is 575 g/mol. The van der Waals surface area contributed by atoms with Crippen LogP contribution in [0.2, 0.25) is 0 Å². The first-order chi connectivity index (χ1) is 21.2. The number of hydrogen-bond donors (Lipinski definition) is 0. The standard InChI is InChI=1S/C40H34N2O2/c1-39(2)23-41-37(43-39)27-13-9-25(10-14-27)29-17-19-33-34-20-18-30(22-36(34)32-8-6-5-7-31(32)35(33)21-29)26-11-15-28(16-12-26)38-42-24-40(3,4)44-38/h5-22H,23-24H2,1-4H3. The molecule has 0 aromatic heterocycles. The van der Waals surface area contributed by atoms with E-state index in [2.05, 4.69) is 147 Å². The van der Waals surface area contributed by atoms with Gasteiger partial charge in [0.15, 0.2) is 0 Å². The lowest BCUT2D eigenvalue weighted by molar-refractivity contribution is 0.131. The average Bonchev–Trinajstić information content (AvgIpc) is 3.61. The second kappa shape index (κ2) is 9.78. The molecule has 0 spiro atoms. The number of benzene rings is 6. The predicted octanol–water partition coefficient (Wildman–Crippen LogP) is 9.59. The molecule has 0 fully saturated rings. The Bertz CT molecular complexity index is 1980. The zero-order chi connectivity index (χ0) is 30.1. The van der Waals surface area contributed by atoms with Crippen molar-refractivity contribution in [3.05, 3.63) is 120 Å². The molecule has 6 aromatic carbocycles. The maximum atomic E-state index is 6.04. The zero-order valence-electron chi connectivity index (χ0n) is 25.5. The largest absolute Gasteiger partial charge is 0.469 e. The van der Waals surface area contributed by atoms with Crippen LogP contribution in [0.25, 0.3) is 54.6 Å². The molecule has 2 aliphatic rings. The number of ether oxygens (including phenoxy) is 2. The Kier molecular flexibility index (Phi) is 5.93. The molecule has 0 saturated heterocycles. The van der Waals surface area contributed by atoms with Crippen molar-refractivity contribution in [1.82, 2.24) is 0 Å². The topological polar surface area (TPSA) is 43.2 Å². The molecule has 6 aromatic rings. The fraction of sp³-hybridized carbons (Fsp3) is 0.200. The second-order valence-corrected chi connectivity index (χ2v) is 13.2. The van der Waals surface area contributed by atoms with Gasteiger partial charge in [-0.25, -0.2) is 9.98 Å². The Morgan fingerprint density at radius 3 is 1.11 bits per heavy atom. The van der Waals surface area contributed by atoms with Crippen molar-refractivity contribution >= 4 is 44.1 Å². The molecule has 0 bridgehead atoms. The lowest BCUT2D eigenvalue weighted by Gasteiger charge is -2.17. The van der Waals surface area contributed by atoms with Crippen LogP contribution in [0.3, 0.4) is 0 Å². The second-order valence-electron chi connectivity index (χ2n) is 13.2. The van der Waals surface area contributed by atoms with Gasteiger partial charge in [-0.1, -0.05) is 72.8 Å². The smallest absolute Gasteiger partial charge is 0.216 e. The minimum atomic E-state index is -0.237. The van der Waals surface area contributed by atoms with Gasteiger partial charge in [-0.15, -0.1) is 0 Å². The van der Waals surface area contributed by atoms with E-state index < -0.39 is 0 Å². The Labute approximate surface area is 257 Å². The summed E-state index contributed by atoms with van der Waals surface area (Å²) in [4.78, 5) is 9.20. The molecule has 4 heteroatoms. The maximum absolute atomic E-state index is 6.04. The van der Waals surface area contributed by atoms with E-state index in [1.54, 1.807) is 0 Å². The van der Waals surface area contributed by atoms with Gasteiger partial charge in [-0.05, 0) is 119 Å². The minimum Gasteiger partial charge on any atom is -0.469 e. The van der Waals surface area contributed by atoms with Gasteiger partial charge in [0, 0.05) is 11.1 Å². The summed E-state index contributed by atoms with van der Waals surface area (Å²) in [5.74, 6) is 1.46. The van der Waals surface area contributed by atoms with Crippen molar-refractivity contribution in [1.29, 1.82) is 0 Å². The molecule has 0 aliphatic carbocycles. The first-order valence-electron chi connectivity index (χ1n) is 15.3. The van der Waals surface area contributed by atoms with Gasteiger partial charge in [-0.2, -0.15) is 0 Å². The fourth-order valence-electron chi connectivity index (χ4n) is 6.40. The van der Waals surface area contributed by atoms with Gasteiger partial charge < -0.3 is 9.47 Å². The van der Waals surface area contributed by atoms with E-state index in [0.717, 1.165) is 22.9 Å². The molecule has 0 unspecified atom stereocenters. The van der Waals surface area contributed by atoms with Crippen LogP contribution >= 0.6 is 0 Å². The van der Waals surface area contributed by atoms with Gasteiger partial charge in [0.1, 0.15) is 11.2 Å². The summed E-state index contributed by atoms with van der Waals surface area (Å²) in [6, 6.07) is 39.6. The summed E-state index contributed by atoms with van der Waals surface area (Å²) < 4.78 is 12.1. The summed E-state index contributed by atoms with van der Waals surface area (Å²) in [7, 11) is 0. The van der Waals surface area contributed by atoms with Crippen molar-refractivity contribution in [2.24, 2.45) is 9.98 Å². The van der Waals surface area contributed by atoms with Crippen LogP contribution in [0.5, 0.6) is 0 Å². The Morgan fingerprint density at radius 1 is 0.409 bits per heavy atom. The quantitative estimate of drug-likeness (QED) is 0.197. The van der Waals surface area contributed by atoms with Crippen molar-refractivity contribution in [3.8, 4) is 22.3 Å². The molecule has 216 valence electrons. The van der Waals surface area contributed by atoms with E-state index in [1.807, 2.05) is 0 Å². The number of fused-ring (bicyclic) bond motifs is 6. The number of hydrogen-bond acceptors (Lipinski definition) is 4. The van der Waals surface area contributed by atoms with Crippen LogP contribution in [0.15, 0.2) is 119 Å². The number of rotatable bonds is 4. The third kappa shape index (κ3) is 4.62. The van der Waals surface area contributed by atoms with Gasteiger partial charge in [0.2, 0.25) is 11.8 Å². The van der Waals surface area contributed by atoms with Gasteiger partial charge >= 0.3 is 0 Å².